The Morgan fingerprint density at radius 3 is 2.57 bits per heavy atom. The highest BCUT2D eigenvalue weighted by Gasteiger charge is 2.22. The molecule has 0 unspecified atom stereocenters. The van der Waals surface area contributed by atoms with E-state index in [9.17, 15) is 9.59 Å². The summed E-state index contributed by atoms with van der Waals surface area (Å²) in [5.41, 5.74) is 1.73. The van der Waals surface area contributed by atoms with Crippen LogP contribution in [-0.4, -0.2) is 29.1 Å². The minimum absolute atomic E-state index is 0.166. The highest BCUT2D eigenvalue weighted by Crippen LogP contribution is 2.31. The van der Waals surface area contributed by atoms with Crippen LogP contribution in [0.4, 0.5) is 5.00 Å². The van der Waals surface area contributed by atoms with Gasteiger partial charge in [0.1, 0.15) is 10.8 Å². The molecule has 1 aromatic carbocycles. The van der Waals surface area contributed by atoms with Crippen molar-refractivity contribution in [3.05, 3.63) is 58.1 Å². The Balaban J connectivity index is 1.68. The van der Waals surface area contributed by atoms with Crippen molar-refractivity contribution in [2.45, 2.75) is 33.8 Å². The van der Waals surface area contributed by atoms with E-state index in [1.807, 2.05) is 5.38 Å². The lowest BCUT2D eigenvalue weighted by atomic mass is 10.0. The second kappa shape index (κ2) is 9.53. The van der Waals surface area contributed by atoms with E-state index >= 15 is 0 Å². The van der Waals surface area contributed by atoms with E-state index in [0.29, 0.717) is 39.5 Å². The van der Waals surface area contributed by atoms with Crippen molar-refractivity contribution in [2.75, 3.05) is 12.4 Å². The van der Waals surface area contributed by atoms with Gasteiger partial charge in [0.05, 0.1) is 12.7 Å². The number of hydrogen-bond acceptors (Lipinski definition) is 8. The summed E-state index contributed by atoms with van der Waals surface area (Å²) in [6, 6.07) is 6.66. The summed E-state index contributed by atoms with van der Waals surface area (Å²) in [5, 5.41) is 8.95. The number of rotatable bonds is 8. The molecule has 0 atom stereocenters. The van der Waals surface area contributed by atoms with E-state index in [1.165, 1.54) is 18.4 Å². The summed E-state index contributed by atoms with van der Waals surface area (Å²) < 4.78 is 15.4. The fraction of sp³-hybridized carbons (Fsp3) is 0.333. The third-order valence-electron chi connectivity index (χ3n) is 4.17. The molecule has 0 radical (unpaired) electrons. The largest absolute Gasteiger partial charge is 0.485 e. The maximum Gasteiger partial charge on any atom is 0.341 e. The first-order valence-corrected chi connectivity index (χ1v) is 10.3. The molecule has 0 aliphatic rings. The third kappa shape index (κ3) is 5.24. The minimum Gasteiger partial charge on any atom is -0.485 e. The molecule has 0 bridgehead atoms. The number of carbonyl (C=O) groups is 2. The van der Waals surface area contributed by atoms with Gasteiger partial charge in [-0.2, -0.15) is 4.98 Å². The lowest BCUT2D eigenvalue weighted by molar-refractivity contribution is 0.0601. The lowest BCUT2D eigenvalue weighted by Gasteiger charge is -2.09. The molecule has 0 saturated carbocycles. The number of aryl methyl sites for hydroxylation is 1. The van der Waals surface area contributed by atoms with Crippen LogP contribution < -0.4 is 10.1 Å². The zero-order chi connectivity index (χ0) is 21.7. The molecule has 3 rings (SSSR count). The van der Waals surface area contributed by atoms with Crippen molar-refractivity contribution in [1.29, 1.82) is 0 Å². The first kappa shape index (κ1) is 21.5. The smallest absolute Gasteiger partial charge is 0.341 e. The Morgan fingerprint density at radius 1 is 1.23 bits per heavy atom. The minimum atomic E-state index is -0.456. The normalized spacial score (nSPS) is 10.8. The number of carbonyl (C=O) groups excluding carboxylic acids is 2. The van der Waals surface area contributed by atoms with E-state index in [1.54, 1.807) is 31.2 Å². The molecule has 9 heteroatoms. The predicted octanol–water partition coefficient (Wildman–Crippen LogP) is 4.26. The van der Waals surface area contributed by atoms with Crippen LogP contribution in [0.1, 0.15) is 51.8 Å². The van der Waals surface area contributed by atoms with Gasteiger partial charge >= 0.3 is 5.97 Å². The average Bonchev–Trinajstić information content (AvgIpc) is 3.31. The molecule has 158 valence electrons. The van der Waals surface area contributed by atoms with Crippen LogP contribution in [0, 0.1) is 12.8 Å². The van der Waals surface area contributed by atoms with Gasteiger partial charge in [0.2, 0.25) is 11.7 Å². The number of anilines is 1. The monoisotopic (exact) mass is 429 g/mol. The second-order valence-electron chi connectivity index (χ2n) is 7.05. The van der Waals surface area contributed by atoms with Gasteiger partial charge in [0, 0.05) is 12.5 Å². The van der Waals surface area contributed by atoms with Crippen molar-refractivity contribution in [2.24, 2.45) is 5.92 Å². The summed E-state index contributed by atoms with van der Waals surface area (Å²) in [7, 11) is 1.33. The molecule has 1 N–H and O–H groups in total. The molecule has 0 aliphatic heterocycles. The molecule has 2 aromatic heterocycles. The third-order valence-corrected chi connectivity index (χ3v) is 5.11. The van der Waals surface area contributed by atoms with Crippen molar-refractivity contribution in [3.63, 3.8) is 0 Å². The summed E-state index contributed by atoms with van der Waals surface area (Å²) in [6.45, 7) is 6.01. The van der Waals surface area contributed by atoms with Gasteiger partial charge < -0.3 is 19.3 Å². The van der Waals surface area contributed by atoms with Crippen LogP contribution in [-0.2, 0) is 17.8 Å². The molecular formula is C21H23N3O5S. The van der Waals surface area contributed by atoms with Gasteiger partial charge in [-0.05, 0) is 47.5 Å². The van der Waals surface area contributed by atoms with Crippen LogP contribution in [0.25, 0.3) is 0 Å². The van der Waals surface area contributed by atoms with Crippen LogP contribution in [0.2, 0.25) is 0 Å². The van der Waals surface area contributed by atoms with Crippen LogP contribution in [0.15, 0.2) is 34.2 Å². The highest BCUT2D eigenvalue weighted by atomic mass is 32.1. The zero-order valence-electron chi connectivity index (χ0n) is 17.2. The van der Waals surface area contributed by atoms with Gasteiger partial charge in [0.15, 0.2) is 6.61 Å². The maximum absolute atomic E-state index is 12.7. The van der Waals surface area contributed by atoms with Crippen molar-refractivity contribution in [3.8, 4) is 5.75 Å². The number of aromatic nitrogens is 2. The number of ether oxygens (including phenoxy) is 2. The zero-order valence-corrected chi connectivity index (χ0v) is 18.0. The van der Waals surface area contributed by atoms with Crippen molar-refractivity contribution in [1.82, 2.24) is 10.1 Å². The SMILES string of the molecule is COC(=O)c1c(CC(C)C)csc1NC(=O)c1ccc(OCc2noc(C)n2)cc1. The molecule has 0 saturated heterocycles. The first-order valence-electron chi connectivity index (χ1n) is 9.39. The molecule has 8 nitrogen and oxygen atoms in total. The first-order chi connectivity index (χ1) is 14.4. The number of benzene rings is 1. The van der Waals surface area contributed by atoms with Crippen LogP contribution in [0.5, 0.6) is 5.75 Å². The summed E-state index contributed by atoms with van der Waals surface area (Å²) in [5.74, 6) is 1.08. The molecule has 3 aromatic rings. The molecule has 0 spiro atoms. The maximum atomic E-state index is 12.7. The number of thiophene rings is 1. The van der Waals surface area contributed by atoms with Gasteiger partial charge in [-0.15, -0.1) is 11.3 Å². The van der Waals surface area contributed by atoms with Crippen molar-refractivity contribution >= 4 is 28.2 Å². The summed E-state index contributed by atoms with van der Waals surface area (Å²) in [4.78, 5) is 29.0. The van der Waals surface area contributed by atoms with Crippen LogP contribution in [0.3, 0.4) is 0 Å². The molecule has 30 heavy (non-hydrogen) atoms. The van der Waals surface area contributed by atoms with Crippen molar-refractivity contribution < 1.29 is 23.6 Å². The van der Waals surface area contributed by atoms with E-state index < -0.39 is 5.97 Å². The molecular weight excluding hydrogens is 406 g/mol. The number of nitrogens with one attached hydrogen (secondary N) is 1. The van der Waals surface area contributed by atoms with Gasteiger partial charge in [-0.25, -0.2) is 4.79 Å². The second-order valence-corrected chi connectivity index (χ2v) is 7.93. The molecule has 1 amide bonds. The number of methoxy groups -OCH3 is 1. The fourth-order valence-corrected chi connectivity index (χ4v) is 3.79. The van der Waals surface area contributed by atoms with E-state index in [-0.39, 0.29) is 12.5 Å². The summed E-state index contributed by atoms with van der Waals surface area (Å²) >= 11 is 1.32. The van der Waals surface area contributed by atoms with Crippen LogP contribution >= 0.6 is 11.3 Å². The number of amides is 1. The number of hydrogen-bond donors (Lipinski definition) is 1. The molecule has 0 fully saturated rings. The fourth-order valence-electron chi connectivity index (χ4n) is 2.83. The number of nitrogens with zero attached hydrogens (tertiary/aromatic N) is 2. The Morgan fingerprint density at radius 2 is 1.97 bits per heavy atom. The predicted molar refractivity (Wildman–Crippen MR) is 112 cm³/mol. The van der Waals surface area contributed by atoms with E-state index in [4.69, 9.17) is 14.0 Å². The lowest BCUT2D eigenvalue weighted by Crippen LogP contribution is -2.15. The Kier molecular flexibility index (Phi) is 6.83. The summed E-state index contributed by atoms with van der Waals surface area (Å²) in [6.07, 6.45) is 0.725. The van der Waals surface area contributed by atoms with Gasteiger partial charge in [-0.3, -0.25) is 4.79 Å². The van der Waals surface area contributed by atoms with E-state index in [2.05, 4.69) is 29.3 Å². The molecule has 2 heterocycles. The standard InChI is InChI=1S/C21H23N3O5S/c1-12(2)9-15-11-30-20(18(15)21(26)27-4)23-19(25)14-5-7-16(8-6-14)28-10-17-22-13(3)29-24-17/h5-8,11-12H,9-10H2,1-4H3,(H,23,25). The topological polar surface area (TPSA) is 104 Å². The Hall–Kier alpha value is -3.20. The Bertz CT molecular complexity index is 1020. The Labute approximate surface area is 178 Å². The van der Waals surface area contributed by atoms with Gasteiger partial charge in [-0.1, -0.05) is 19.0 Å². The quantitative estimate of drug-likeness (QED) is 0.534. The van der Waals surface area contributed by atoms with E-state index in [0.717, 1.165) is 12.0 Å². The average molecular weight is 429 g/mol. The molecule has 0 aliphatic carbocycles. The highest BCUT2D eigenvalue weighted by molar-refractivity contribution is 7.15. The van der Waals surface area contributed by atoms with Gasteiger partial charge in [0.25, 0.3) is 5.91 Å². The number of esters is 1.